The minimum Gasteiger partial charge on any atom is -0.497 e. The fourth-order valence-electron chi connectivity index (χ4n) is 1.97. The van der Waals surface area contributed by atoms with Gasteiger partial charge in [-0.25, -0.2) is 4.79 Å². The first-order chi connectivity index (χ1) is 9.60. The number of carboxylic acids is 1. The molecule has 0 aromatic heterocycles. The SMILES string of the molecule is COc1ccc2cc(C(N)COCC(=O)O)ccc2c1. The van der Waals surface area contributed by atoms with Crippen LogP contribution in [0.15, 0.2) is 36.4 Å². The molecule has 0 spiro atoms. The average Bonchev–Trinajstić information content (AvgIpc) is 2.45. The molecule has 0 saturated heterocycles. The van der Waals surface area contributed by atoms with E-state index in [0.29, 0.717) is 0 Å². The number of carboxylic acid groups (broad SMARTS) is 1. The molecule has 3 N–H and O–H groups in total. The van der Waals surface area contributed by atoms with Gasteiger partial charge in [0.15, 0.2) is 0 Å². The van der Waals surface area contributed by atoms with Crippen LogP contribution in [-0.4, -0.2) is 31.4 Å². The predicted molar refractivity (Wildman–Crippen MR) is 75.9 cm³/mol. The van der Waals surface area contributed by atoms with Crippen LogP contribution in [0.4, 0.5) is 0 Å². The van der Waals surface area contributed by atoms with Gasteiger partial charge in [-0.05, 0) is 34.5 Å². The van der Waals surface area contributed by atoms with Crippen LogP contribution in [0.2, 0.25) is 0 Å². The molecule has 0 bridgehead atoms. The molecule has 0 amide bonds. The summed E-state index contributed by atoms with van der Waals surface area (Å²) in [5, 5.41) is 10.6. The first kappa shape index (κ1) is 14.3. The van der Waals surface area contributed by atoms with Gasteiger partial charge in [0, 0.05) is 0 Å². The van der Waals surface area contributed by atoms with Crippen molar-refractivity contribution in [1.82, 2.24) is 0 Å². The summed E-state index contributed by atoms with van der Waals surface area (Å²) in [4.78, 5) is 10.4. The van der Waals surface area contributed by atoms with E-state index in [1.165, 1.54) is 0 Å². The molecular weight excluding hydrogens is 258 g/mol. The van der Waals surface area contributed by atoms with Crippen molar-refractivity contribution in [1.29, 1.82) is 0 Å². The minimum absolute atomic E-state index is 0.175. The van der Waals surface area contributed by atoms with Crippen LogP contribution in [0.3, 0.4) is 0 Å². The van der Waals surface area contributed by atoms with Crippen molar-refractivity contribution in [3.05, 3.63) is 42.0 Å². The number of aliphatic carboxylic acids is 1. The quantitative estimate of drug-likeness (QED) is 0.842. The molecule has 0 heterocycles. The largest absolute Gasteiger partial charge is 0.497 e. The lowest BCUT2D eigenvalue weighted by Crippen LogP contribution is -2.19. The Hall–Kier alpha value is -2.11. The van der Waals surface area contributed by atoms with Gasteiger partial charge in [0.25, 0.3) is 0 Å². The van der Waals surface area contributed by atoms with E-state index in [1.807, 2.05) is 36.4 Å². The highest BCUT2D eigenvalue weighted by Gasteiger charge is 2.08. The molecule has 106 valence electrons. The predicted octanol–water partition coefficient (Wildman–Crippen LogP) is 1.95. The Morgan fingerprint density at radius 1 is 1.25 bits per heavy atom. The first-order valence-electron chi connectivity index (χ1n) is 6.23. The Morgan fingerprint density at radius 3 is 2.65 bits per heavy atom. The number of carbonyl (C=O) groups is 1. The highest BCUT2D eigenvalue weighted by Crippen LogP contribution is 2.23. The molecule has 2 aromatic rings. The summed E-state index contributed by atoms with van der Waals surface area (Å²) in [7, 11) is 1.63. The van der Waals surface area contributed by atoms with Gasteiger partial charge in [0.1, 0.15) is 12.4 Å². The maximum Gasteiger partial charge on any atom is 0.329 e. The lowest BCUT2D eigenvalue weighted by Gasteiger charge is -2.13. The molecule has 0 fully saturated rings. The molecule has 2 aromatic carbocycles. The third kappa shape index (κ3) is 3.46. The van der Waals surface area contributed by atoms with E-state index in [2.05, 4.69) is 0 Å². The maximum atomic E-state index is 10.4. The second-order valence-electron chi connectivity index (χ2n) is 4.49. The zero-order valence-electron chi connectivity index (χ0n) is 11.2. The number of benzene rings is 2. The smallest absolute Gasteiger partial charge is 0.329 e. The fourth-order valence-corrected chi connectivity index (χ4v) is 1.97. The summed E-state index contributed by atoms with van der Waals surface area (Å²) in [6.45, 7) is -0.160. The molecule has 0 aliphatic rings. The van der Waals surface area contributed by atoms with Gasteiger partial charge >= 0.3 is 5.97 Å². The topological polar surface area (TPSA) is 81.8 Å². The van der Waals surface area contributed by atoms with E-state index in [1.54, 1.807) is 7.11 Å². The molecule has 0 radical (unpaired) electrons. The van der Waals surface area contributed by atoms with Crippen LogP contribution in [0, 0.1) is 0 Å². The summed E-state index contributed by atoms with van der Waals surface area (Å²) in [5.74, 6) is -0.192. The van der Waals surface area contributed by atoms with E-state index >= 15 is 0 Å². The van der Waals surface area contributed by atoms with Crippen molar-refractivity contribution in [2.75, 3.05) is 20.3 Å². The van der Waals surface area contributed by atoms with Crippen LogP contribution >= 0.6 is 0 Å². The lowest BCUT2D eigenvalue weighted by atomic mass is 10.0. The van der Waals surface area contributed by atoms with Crippen molar-refractivity contribution in [2.24, 2.45) is 5.73 Å². The van der Waals surface area contributed by atoms with Gasteiger partial charge in [-0.1, -0.05) is 18.2 Å². The van der Waals surface area contributed by atoms with Crippen molar-refractivity contribution in [3.63, 3.8) is 0 Å². The molecule has 0 aliphatic carbocycles. The number of nitrogens with two attached hydrogens (primary N) is 1. The summed E-state index contributed by atoms with van der Waals surface area (Å²) < 4.78 is 10.2. The van der Waals surface area contributed by atoms with E-state index in [4.69, 9.17) is 20.3 Å². The van der Waals surface area contributed by atoms with Gasteiger partial charge in [-0.2, -0.15) is 0 Å². The Morgan fingerprint density at radius 2 is 1.95 bits per heavy atom. The van der Waals surface area contributed by atoms with Crippen LogP contribution in [0.5, 0.6) is 5.75 Å². The minimum atomic E-state index is -0.997. The Labute approximate surface area is 116 Å². The van der Waals surface area contributed by atoms with E-state index < -0.39 is 5.97 Å². The molecule has 20 heavy (non-hydrogen) atoms. The van der Waals surface area contributed by atoms with Crippen LogP contribution in [0.1, 0.15) is 11.6 Å². The zero-order chi connectivity index (χ0) is 14.5. The van der Waals surface area contributed by atoms with Crippen LogP contribution < -0.4 is 10.5 Å². The second kappa shape index (κ2) is 6.36. The van der Waals surface area contributed by atoms with E-state index in [9.17, 15) is 4.79 Å². The standard InChI is InChI=1S/C15H17NO4/c1-19-13-5-4-10-6-12(3-2-11(10)7-13)14(16)8-20-9-15(17)18/h2-7,14H,8-9,16H2,1H3,(H,17,18). The Kier molecular flexibility index (Phi) is 4.55. The number of hydrogen-bond acceptors (Lipinski definition) is 4. The highest BCUT2D eigenvalue weighted by atomic mass is 16.5. The number of ether oxygens (including phenoxy) is 2. The number of hydrogen-bond donors (Lipinski definition) is 2. The third-order valence-corrected chi connectivity index (χ3v) is 3.02. The normalized spacial score (nSPS) is 12.3. The molecule has 0 saturated carbocycles. The van der Waals surface area contributed by atoms with E-state index in [0.717, 1.165) is 22.1 Å². The van der Waals surface area contributed by atoms with Crippen molar-refractivity contribution < 1.29 is 19.4 Å². The highest BCUT2D eigenvalue weighted by molar-refractivity contribution is 5.84. The molecule has 0 aliphatic heterocycles. The zero-order valence-corrected chi connectivity index (χ0v) is 11.2. The molecule has 2 rings (SSSR count). The fraction of sp³-hybridized carbons (Fsp3) is 0.267. The molecule has 5 heteroatoms. The molecule has 1 atom stereocenters. The summed E-state index contributed by atoms with van der Waals surface area (Å²) >= 11 is 0. The average molecular weight is 275 g/mol. The molecule has 1 unspecified atom stereocenters. The van der Waals surface area contributed by atoms with Gasteiger partial charge in [-0.3, -0.25) is 0 Å². The first-order valence-corrected chi connectivity index (χ1v) is 6.23. The maximum absolute atomic E-state index is 10.4. The summed E-state index contributed by atoms with van der Waals surface area (Å²) in [6, 6.07) is 11.3. The summed E-state index contributed by atoms with van der Waals surface area (Å²) in [5.41, 5.74) is 6.90. The van der Waals surface area contributed by atoms with Gasteiger partial charge in [0.2, 0.25) is 0 Å². The van der Waals surface area contributed by atoms with Crippen molar-refractivity contribution >= 4 is 16.7 Å². The Bertz CT molecular complexity index is 612. The lowest BCUT2D eigenvalue weighted by molar-refractivity contribution is -0.142. The molecule has 5 nitrogen and oxygen atoms in total. The monoisotopic (exact) mass is 275 g/mol. The van der Waals surface area contributed by atoms with Crippen LogP contribution in [-0.2, 0) is 9.53 Å². The third-order valence-electron chi connectivity index (χ3n) is 3.02. The number of fused-ring (bicyclic) bond motifs is 1. The van der Waals surface area contributed by atoms with Crippen molar-refractivity contribution in [3.8, 4) is 5.75 Å². The van der Waals surface area contributed by atoms with Crippen LogP contribution in [0.25, 0.3) is 10.8 Å². The van der Waals surface area contributed by atoms with E-state index in [-0.39, 0.29) is 19.3 Å². The number of rotatable bonds is 6. The van der Waals surface area contributed by atoms with Gasteiger partial charge < -0.3 is 20.3 Å². The number of methoxy groups -OCH3 is 1. The Balaban J connectivity index is 2.12. The summed E-state index contributed by atoms with van der Waals surface area (Å²) in [6.07, 6.45) is 0. The van der Waals surface area contributed by atoms with Crippen molar-refractivity contribution in [2.45, 2.75) is 6.04 Å². The van der Waals surface area contributed by atoms with Gasteiger partial charge in [0.05, 0.1) is 19.8 Å². The molecular formula is C15H17NO4. The van der Waals surface area contributed by atoms with Gasteiger partial charge in [-0.15, -0.1) is 0 Å². The second-order valence-corrected chi connectivity index (χ2v) is 4.49.